The monoisotopic (exact) mass is 418 g/mol. The number of halogens is 3. The quantitative estimate of drug-likeness (QED) is 0.637. The number of anilines is 1. The van der Waals surface area contributed by atoms with Crippen LogP contribution in [-0.2, 0) is 4.79 Å². The number of carbonyl (C=O) groups is 1. The van der Waals surface area contributed by atoms with Crippen LogP contribution in [0.15, 0.2) is 54.6 Å². The van der Waals surface area contributed by atoms with Crippen LogP contribution in [0.5, 0.6) is 5.75 Å². The van der Waals surface area contributed by atoms with Gasteiger partial charge in [0.2, 0.25) is 0 Å². The molecule has 0 aliphatic rings. The third kappa shape index (κ3) is 4.88. The van der Waals surface area contributed by atoms with Crippen molar-refractivity contribution in [2.75, 3.05) is 18.6 Å². The largest absolute Gasteiger partial charge is 0.491 e. The lowest BCUT2D eigenvalue weighted by atomic mass is 10.1. The zero-order valence-corrected chi connectivity index (χ0v) is 16.5. The Bertz CT molecular complexity index is 1040. The van der Waals surface area contributed by atoms with Crippen LogP contribution in [0.2, 0.25) is 0 Å². The van der Waals surface area contributed by atoms with Crippen molar-refractivity contribution in [1.82, 2.24) is 4.98 Å². The van der Waals surface area contributed by atoms with E-state index >= 15 is 0 Å². The van der Waals surface area contributed by atoms with Gasteiger partial charge < -0.3 is 14.7 Å². The van der Waals surface area contributed by atoms with E-state index in [2.05, 4.69) is 4.98 Å². The number of aliphatic hydroxyl groups excluding tert-OH is 1. The number of hydrogen-bond acceptors (Lipinski definition) is 4. The van der Waals surface area contributed by atoms with Crippen molar-refractivity contribution in [2.24, 2.45) is 0 Å². The van der Waals surface area contributed by atoms with Gasteiger partial charge in [-0.2, -0.15) is 13.2 Å². The summed E-state index contributed by atoms with van der Waals surface area (Å²) in [5.41, 5.74) is 2.22. The Labute approximate surface area is 171 Å². The maximum Gasteiger partial charge on any atom is 0.471 e. The lowest BCUT2D eigenvalue weighted by Gasteiger charge is -2.19. The van der Waals surface area contributed by atoms with Gasteiger partial charge in [-0.15, -0.1) is 0 Å². The summed E-state index contributed by atoms with van der Waals surface area (Å²) in [4.78, 5) is 16.5. The molecule has 1 unspecified atom stereocenters. The van der Waals surface area contributed by atoms with Crippen LogP contribution in [0.1, 0.15) is 13.3 Å². The average molecular weight is 418 g/mol. The van der Waals surface area contributed by atoms with Gasteiger partial charge in [-0.1, -0.05) is 25.1 Å². The van der Waals surface area contributed by atoms with Gasteiger partial charge in [-0.25, -0.2) is 4.98 Å². The highest BCUT2D eigenvalue weighted by atomic mass is 19.4. The Balaban J connectivity index is 1.79. The van der Waals surface area contributed by atoms with E-state index in [9.17, 15) is 23.1 Å². The molecule has 1 amide bonds. The van der Waals surface area contributed by atoms with Gasteiger partial charge in [-0.3, -0.25) is 4.79 Å². The van der Waals surface area contributed by atoms with Gasteiger partial charge in [0.1, 0.15) is 12.4 Å². The number of nitrogens with zero attached hydrogens (tertiary/aromatic N) is 2. The fraction of sp³-hybridized carbons (Fsp3) is 0.273. The van der Waals surface area contributed by atoms with Gasteiger partial charge in [0.05, 0.1) is 17.3 Å². The van der Waals surface area contributed by atoms with E-state index in [0.29, 0.717) is 28.3 Å². The third-order valence-electron chi connectivity index (χ3n) is 4.67. The summed E-state index contributed by atoms with van der Waals surface area (Å²) >= 11 is 0. The molecule has 3 rings (SSSR count). The van der Waals surface area contributed by atoms with Crippen molar-refractivity contribution in [2.45, 2.75) is 25.6 Å². The Morgan fingerprint density at radius 2 is 1.83 bits per heavy atom. The Hall–Kier alpha value is -3.13. The molecule has 8 heteroatoms. The van der Waals surface area contributed by atoms with Crippen molar-refractivity contribution in [3.05, 3.63) is 54.6 Å². The molecule has 2 aromatic carbocycles. The second-order valence-electron chi connectivity index (χ2n) is 6.83. The minimum absolute atomic E-state index is 0.137. The molecule has 0 aliphatic carbocycles. The highest BCUT2D eigenvalue weighted by molar-refractivity contribution is 5.97. The summed E-state index contributed by atoms with van der Waals surface area (Å²) in [5.74, 6) is -1.30. The van der Waals surface area contributed by atoms with Crippen LogP contribution in [0.25, 0.3) is 22.2 Å². The molecule has 0 saturated carbocycles. The molecule has 0 fully saturated rings. The van der Waals surface area contributed by atoms with Crippen LogP contribution in [0.3, 0.4) is 0 Å². The maximum atomic E-state index is 12.6. The molecule has 0 spiro atoms. The number of hydrogen-bond donors (Lipinski definition) is 1. The van der Waals surface area contributed by atoms with E-state index in [0.717, 1.165) is 18.0 Å². The number of fused-ring (bicyclic) bond motifs is 1. The fourth-order valence-corrected chi connectivity index (χ4v) is 2.83. The van der Waals surface area contributed by atoms with Gasteiger partial charge in [0.25, 0.3) is 0 Å². The first-order valence-electron chi connectivity index (χ1n) is 9.36. The summed E-state index contributed by atoms with van der Waals surface area (Å²) in [6.45, 7) is 2.09. The number of benzene rings is 2. The van der Waals surface area contributed by atoms with Crippen LogP contribution >= 0.6 is 0 Å². The minimum atomic E-state index is -4.93. The highest BCUT2D eigenvalue weighted by Crippen LogP contribution is 2.27. The maximum absolute atomic E-state index is 12.6. The zero-order valence-electron chi connectivity index (χ0n) is 16.5. The number of rotatable bonds is 6. The van der Waals surface area contributed by atoms with Crippen LogP contribution in [0.4, 0.5) is 18.9 Å². The summed E-state index contributed by atoms with van der Waals surface area (Å²) in [6, 6.07) is 15.2. The van der Waals surface area contributed by atoms with Crippen LogP contribution in [0, 0.1) is 0 Å². The summed E-state index contributed by atoms with van der Waals surface area (Å²) in [6.07, 6.45) is -4.84. The predicted octanol–water partition coefficient (Wildman–Crippen LogP) is 4.58. The molecule has 1 heterocycles. The summed E-state index contributed by atoms with van der Waals surface area (Å²) in [7, 11) is 1.08. The predicted molar refractivity (Wildman–Crippen MR) is 108 cm³/mol. The van der Waals surface area contributed by atoms with Crippen molar-refractivity contribution in [3.63, 3.8) is 0 Å². The first kappa shape index (κ1) is 21.6. The number of ether oxygens (including phenoxy) is 1. The molecule has 1 N–H and O–H groups in total. The second kappa shape index (κ2) is 8.71. The first-order chi connectivity index (χ1) is 14.2. The SMILES string of the molecule is CCC(O)COc1ccc2nc(-c3ccc(N(C)C(=O)C(F)(F)F)cc3)ccc2c1. The van der Waals surface area contributed by atoms with Crippen molar-refractivity contribution >= 4 is 22.5 Å². The molecule has 0 bridgehead atoms. The molecule has 1 aromatic heterocycles. The standard InChI is InChI=1S/C22H21F3N2O3/c1-3-17(28)13-30-18-9-11-20-15(12-18)6-10-19(26-20)14-4-7-16(8-5-14)27(2)21(29)22(23,24)25/h4-12,17,28H,3,13H2,1-2H3. The minimum Gasteiger partial charge on any atom is -0.491 e. The summed E-state index contributed by atoms with van der Waals surface area (Å²) in [5, 5.41) is 10.5. The lowest BCUT2D eigenvalue weighted by molar-refractivity contribution is -0.170. The number of aliphatic hydroxyl groups is 1. The van der Waals surface area contributed by atoms with Crippen LogP contribution in [-0.4, -0.2) is 41.9 Å². The molecule has 0 radical (unpaired) electrons. The van der Waals surface area contributed by atoms with E-state index in [1.807, 2.05) is 19.1 Å². The number of pyridine rings is 1. The fourth-order valence-electron chi connectivity index (χ4n) is 2.83. The second-order valence-corrected chi connectivity index (χ2v) is 6.83. The first-order valence-corrected chi connectivity index (χ1v) is 9.36. The van der Waals surface area contributed by atoms with E-state index in [-0.39, 0.29) is 12.3 Å². The van der Waals surface area contributed by atoms with Crippen LogP contribution < -0.4 is 9.64 Å². The highest BCUT2D eigenvalue weighted by Gasteiger charge is 2.41. The lowest BCUT2D eigenvalue weighted by Crippen LogP contribution is -2.38. The molecule has 3 aromatic rings. The molecule has 0 saturated heterocycles. The number of alkyl halides is 3. The molecule has 158 valence electrons. The molecular weight excluding hydrogens is 397 g/mol. The van der Waals surface area contributed by atoms with Gasteiger partial charge >= 0.3 is 12.1 Å². The van der Waals surface area contributed by atoms with Crippen molar-refractivity contribution in [1.29, 1.82) is 0 Å². The number of aromatic nitrogens is 1. The normalized spacial score (nSPS) is 12.6. The Morgan fingerprint density at radius 3 is 2.47 bits per heavy atom. The zero-order chi connectivity index (χ0) is 21.9. The Kier molecular flexibility index (Phi) is 6.26. The average Bonchev–Trinajstić information content (AvgIpc) is 2.75. The molecule has 0 aliphatic heterocycles. The summed E-state index contributed by atoms with van der Waals surface area (Å²) < 4.78 is 43.3. The van der Waals surface area contributed by atoms with Gasteiger partial charge in [0, 0.05) is 23.7 Å². The topological polar surface area (TPSA) is 62.7 Å². The third-order valence-corrected chi connectivity index (χ3v) is 4.67. The van der Waals surface area contributed by atoms with Gasteiger partial charge in [0.15, 0.2) is 0 Å². The Morgan fingerprint density at radius 1 is 1.13 bits per heavy atom. The van der Waals surface area contributed by atoms with E-state index < -0.39 is 18.2 Å². The van der Waals surface area contributed by atoms with Gasteiger partial charge in [-0.05, 0) is 42.8 Å². The van der Waals surface area contributed by atoms with Crippen molar-refractivity contribution in [3.8, 4) is 17.0 Å². The smallest absolute Gasteiger partial charge is 0.471 e. The van der Waals surface area contributed by atoms with Crippen molar-refractivity contribution < 1.29 is 27.8 Å². The molecule has 5 nitrogen and oxygen atoms in total. The molecule has 30 heavy (non-hydrogen) atoms. The molecule has 1 atom stereocenters. The number of carbonyl (C=O) groups excluding carboxylic acids is 1. The number of amides is 1. The molecular formula is C22H21F3N2O3. The van der Waals surface area contributed by atoms with E-state index in [4.69, 9.17) is 4.74 Å². The van der Waals surface area contributed by atoms with E-state index in [1.54, 1.807) is 30.3 Å². The van der Waals surface area contributed by atoms with E-state index in [1.165, 1.54) is 12.1 Å².